The van der Waals surface area contributed by atoms with Gasteiger partial charge in [0.15, 0.2) is 0 Å². The zero-order chi connectivity index (χ0) is 13.1. The second kappa shape index (κ2) is 5.69. The Hall–Kier alpha value is -1.10. The monoisotopic (exact) mass is 255 g/mol. The highest BCUT2D eigenvalue weighted by Crippen LogP contribution is 2.27. The first-order chi connectivity index (χ1) is 8.61. The smallest absolute Gasteiger partial charge is 0.326 e. The van der Waals surface area contributed by atoms with E-state index in [1.807, 2.05) is 6.92 Å². The van der Waals surface area contributed by atoms with Gasteiger partial charge in [0.25, 0.3) is 0 Å². The molecule has 102 valence electrons. The Bertz CT molecular complexity index is 325. The van der Waals surface area contributed by atoms with Crippen LogP contribution in [0.15, 0.2) is 0 Å². The molecule has 2 rings (SSSR count). The molecular formula is C13H21NO4. The minimum absolute atomic E-state index is 0.0113. The largest absolute Gasteiger partial charge is 0.480 e. The number of carboxylic acids is 1. The quantitative estimate of drug-likeness (QED) is 0.803. The molecule has 2 saturated heterocycles. The van der Waals surface area contributed by atoms with Crippen LogP contribution in [-0.2, 0) is 14.3 Å². The van der Waals surface area contributed by atoms with E-state index in [4.69, 9.17) is 4.74 Å². The lowest BCUT2D eigenvalue weighted by Gasteiger charge is -2.39. The van der Waals surface area contributed by atoms with Gasteiger partial charge in [-0.15, -0.1) is 0 Å². The Balaban J connectivity index is 2.08. The zero-order valence-corrected chi connectivity index (χ0v) is 10.8. The standard InChI is InChI=1S/C13H21NO4/c1-9-3-2-6-14(11(9)13(16)17)12(15)10-4-7-18-8-5-10/h9-11H,2-8H2,1H3,(H,16,17). The van der Waals surface area contributed by atoms with Gasteiger partial charge >= 0.3 is 5.97 Å². The van der Waals surface area contributed by atoms with Crippen molar-refractivity contribution < 1.29 is 19.4 Å². The molecule has 2 heterocycles. The van der Waals surface area contributed by atoms with Crippen molar-refractivity contribution in [2.75, 3.05) is 19.8 Å². The van der Waals surface area contributed by atoms with E-state index in [0.717, 1.165) is 25.7 Å². The van der Waals surface area contributed by atoms with Crippen LogP contribution in [0.5, 0.6) is 0 Å². The summed E-state index contributed by atoms with van der Waals surface area (Å²) in [5.74, 6) is -0.870. The van der Waals surface area contributed by atoms with Crippen LogP contribution >= 0.6 is 0 Å². The summed E-state index contributed by atoms with van der Waals surface area (Å²) in [4.78, 5) is 25.4. The molecule has 0 aromatic heterocycles. The maximum atomic E-state index is 12.4. The average Bonchev–Trinajstić information content (AvgIpc) is 2.38. The van der Waals surface area contributed by atoms with E-state index < -0.39 is 12.0 Å². The molecule has 0 bridgehead atoms. The number of nitrogens with zero attached hydrogens (tertiary/aromatic N) is 1. The van der Waals surface area contributed by atoms with Crippen molar-refractivity contribution in [1.29, 1.82) is 0 Å². The number of hydrogen-bond acceptors (Lipinski definition) is 3. The summed E-state index contributed by atoms with van der Waals surface area (Å²) in [5, 5.41) is 9.31. The fourth-order valence-corrected chi connectivity index (χ4v) is 2.99. The first-order valence-electron chi connectivity index (χ1n) is 6.72. The number of ether oxygens (including phenoxy) is 1. The van der Waals surface area contributed by atoms with Crippen molar-refractivity contribution in [3.8, 4) is 0 Å². The second-order valence-electron chi connectivity index (χ2n) is 5.32. The summed E-state index contributed by atoms with van der Waals surface area (Å²) in [6, 6.07) is -0.644. The fourth-order valence-electron chi connectivity index (χ4n) is 2.99. The van der Waals surface area contributed by atoms with Crippen molar-refractivity contribution in [3.05, 3.63) is 0 Å². The number of amides is 1. The number of carbonyl (C=O) groups excluding carboxylic acids is 1. The molecule has 5 nitrogen and oxygen atoms in total. The molecule has 0 aliphatic carbocycles. The molecule has 0 spiro atoms. The minimum atomic E-state index is -0.873. The lowest BCUT2D eigenvalue weighted by molar-refractivity contribution is -0.157. The van der Waals surface area contributed by atoms with E-state index in [2.05, 4.69) is 0 Å². The SMILES string of the molecule is CC1CCCN(C(=O)C2CCOCC2)C1C(=O)O. The van der Waals surface area contributed by atoms with Crippen molar-refractivity contribution in [3.63, 3.8) is 0 Å². The molecule has 0 aromatic carbocycles. The van der Waals surface area contributed by atoms with Gasteiger partial charge in [0.2, 0.25) is 5.91 Å². The Morgan fingerprint density at radius 2 is 1.89 bits per heavy atom. The molecule has 2 atom stereocenters. The van der Waals surface area contributed by atoms with Gasteiger partial charge in [-0.2, -0.15) is 0 Å². The van der Waals surface area contributed by atoms with Crippen LogP contribution in [0.25, 0.3) is 0 Å². The second-order valence-corrected chi connectivity index (χ2v) is 5.32. The lowest BCUT2D eigenvalue weighted by Crippen LogP contribution is -2.54. The average molecular weight is 255 g/mol. The third-order valence-electron chi connectivity index (χ3n) is 4.04. The van der Waals surface area contributed by atoms with Gasteiger partial charge in [-0.1, -0.05) is 6.92 Å². The molecular weight excluding hydrogens is 234 g/mol. The number of likely N-dealkylation sites (tertiary alicyclic amines) is 1. The molecule has 0 aromatic rings. The van der Waals surface area contributed by atoms with Gasteiger partial charge in [0.1, 0.15) is 6.04 Å². The van der Waals surface area contributed by atoms with Crippen molar-refractivity contribution in [2.24, 2.45) is 11.8 Å². The number of piperidine rings is 1. The Kier molecular flexibility index (Phi) is 4.22. The Morgan fingerprint density at radius 1 is 1.22 bits per heavy atom. The Morgan fingerprint density at radius 3 is 2.50 bits per heavy atom. The highest BCUT2D eigenvalue weighted by atomic mass is 16.5. The molecule has 0 radical (unpaired) electrons. The van der Waals surface area contributed by atoms with Crippen molar-refractivity contribution in [2.45, 2.75) is 38.6 Å². The predicted octanol–water partition coefficient (Wildman–Crippen LogP) is 1.12. The van der Waals surface area contributed by atoms with E-state index in [1.54, 1.807) is 4.90 Å². The first-order valence-corrected chi connectivity index (χ1v) is 6.72. The third-order valence-corrected chi connectivity index (χ3v) is 4.04. The number of hydrogen-bond donors (Lipinski definition) is 1. The summed E-state index contributed by atoms with van der Waals surface area (Å²) in [7, 11) is 0. The molecule has 1 N–H and O–H groups in total. The molecule has 2 unspecified atom stereocenters. The minimum Gasteiger partial charge on any atom is -0.480 e. The fraction of sp³-hybridized carbons (Fsp3) is 0.846. The van der Waals surface area contributed by atoms with Crippen LogP contribution in [0, 0.1) is 11.8 Å². The van der Waals surface area contributed by atoms with E-state index in [9.17, 15) is 14.7 Å². The van der Waals surface area contributed by atoms with Crippen LogP contribution in [-0.4, -0.2) is 47.7 Å². The van der Waals surface area contributed by atoms with E-state index >= 15 is 0 Å². The maximum Gasteiger partial charge on any atom is 0.326 e. The molecule has 2 aliphatic heterocycles. The Labute approximate surface area is 107 Å². The highest BCUT2D eigenvalue weighted by molar-refractivity contribution is 5.85. The van der Waals surface area contributed by atoms with E-state index in [-0.39, 0.29) is 17.7 Å². The number of carbonyl (C=O) groups is 2. The zero-order valence-electron chi connectivity index (χ0n) is 10.8. The molecule has 18 heavy (non-hydrogen) atoms. The molecule has 0 saturated carbocycles. The summed E-state index contributed by atoms with van der Waals surface area (Å²) in [6.07, 6.45) is 3.22. The van der Waals surface area contributed by atoms with Crippen LogP contribution < -0.4 is 0 Å². The van der Waals surface area contributed by atoms with Crippen LogP contribution in [0.4, 0.5) is 0 Å². The molecule has 2 fully saturated rings. The van der Waals surface area contributed by atoms with Gasteiger partial charge < -0.3 is 14.7 Å². The van der Waals surface area contributed by atoms with Gasteiger partial charge in [0, 0.05) is 25.7 Å². The number of carboxylic acid groups (broad SMARTS) is 1. The van der Waals surface area contributed by atoms with Crippen LogP contribution in [0.1, 0.15) is 32.6 Å². The van der Waals surface area contributed by atoms with Gasteiger partial charge in [0.05, 0.1) is 0 Å². The van der Waals surface area contributed by atoms with Crippen LogP contribution in [0.3, 0.4) is 0 Å². The van der Waals surface area contributed by atoms with E-state index in [0.29, 0.717) is 19.8 Å². The predicted molar refractivity (Wildman–Crippen MR) is 65.1 cm³/mol. The highest BCUT2D eigenvalue weighted by Gasteiger charge is 2.39. The van der Waals surface area contributed by atoms with Crippen molar-refractivity contribution in [1.82, 2.24) is 4.90 Å². The van der Waals surface area contributed by atoms with Gasteiger partial charge in [-0.25, -0.2) is 4.79 Å². The summed E-state index contributed by atoms with van der Waals surface area (Å²) < 4.78 is 5.25. The topological polar surface area (TPSA) is 66.8 Å². The van der Waals surface area contributed by atoms with Gasteiger partial charge in [-0.3, -0.25) is 4.79 Å². The van der Waals surface area contributed by atoms with Crippen molar-refractivity contribution >= 4 is 11.9 Å². The molecule has 1 amide bonds. The molecule has 5 heteroatoms. The van der Waals surface area contributed by atoms with Gasteiger partial charge in [-0.05, 0) is 31.6 Å². The summed E-state index contributed by atoms with van der Waals surface area (Å²) in [6.45, 7) is 3.72. The van der Waals surface area contributed by atoms with E-state index in [1.165, 1.54) is 0 Å². The number of rotatable bonds is 2. The normalized spacial score (nSPS) is 30.2. The first kappa shape index (κ1) is 13.3. The maximum absolute atomic E-state index is 12.4. The van der Waals surface area contributed by atoms with Crippen LogP contribution in [0.2, 0.25) is 0 Å². The number of aliphatic carboxylic acids is 1. The summed E-state index contributed by atoms with van der Waals surface area (Å²) >= 11 is 0. The third kappa shape index (κ3) is 2.66. The lowest BCUT2D eigenvalue weighted by atomic mass is 9.88. The molecule has 2 aliphatic rings. The summed E-state index contributed by atoms with van der Waals surface area (Å²) in [5.41, 5.74) is 0.